The van der Waals surface area contributed by atoms with Crippen LogP contribution in [0.4, 0.5) is 0 Å². The van der Waals surface area contributed by atoms with Crippen molar-refractivity contribution >= 4 is 12.4 Å². The lowest BCUT2D eigenvalue weighted by atomic mass is 10.1. The molecule has 1 atom stereocenters. The first kappa shape index (κ1) is 11.0. The first-order valence-corrected chi connectivity index (χ1v) is 4.34. The van der Waals surface area contributed by atoms with E-state index in [-0.39, 0.29) is 12.2 Å². The van der Waals surface area contributed by atoms with E-state index in [0.717, 1.165) is 0 Å². The number of phenols is 1. The van der Waals surface area contributed by atoms with Crippen molar-refractivity contribution in [3.05, 3.63) is 29.8 Å². The second kappa shape index (κ2) is 4.99. The standard InChI is InChI=1S/C10H11NO4/c12-6-11-9(10(14)15)5-7-2-1-3-8(13)4-7/h1-4,6,9,13H,5H2,(H,11,12)(H,14,15). The van der Waals surface area contributed by atoms with Gasteiger partial charge in [0.2, 0.25) is 6.41 Å². The molecule has 0 aromatic heterocycles. The van der Waals surface area contributed by atoms with Crippen molar-refractivity contribution in [3.63, 3.8) is 0 Å². The molecule has 0 bridgehead atoms. The number of aliphatic carboxylic acids is 1. The van der Waals surface area contributed by atoms with Crippen LogP contribution >= 0.6 is 0 Å². The van der Waals surface area contributed by atoms with Crippen molar-refractivity contribution < 1.29 is 19.8 Å². The Morgan fingerprint density at radius 2 is 2.27 bits per heavy atom. The average Bonchev–Trinajstić information content (AvgIpc) is 2.17. The van der Waals surface area contributed by atoms with E-state index < -0.39 is 12.0 Å². The zero-order chi connectivity index (χ0) is 11.3. The molecule has 1 rings (SSSR count). The molecule has 5 heteroatoms. The molecule has 0 saturated carbocycles. The molecule has 1 unspecified atom stereocenters. The molecule has 0 aliphatic rings. The van der Waals surface area contributed by atoms with Crippen molar-refractivity contribution in [2.45, 2.75) is 12.5 Å². The van der Waals surface area contributed by atoms with E-state index >= 15 is 0 Å². The van der Waals surface area contributed by atoms with Gasteiger partial charge >= 0.3 is 5.97 Å². The second-order valence-corrected chi connectivity index (χ2v) is 3.05. The number of phenolic OH excluding ortho intramolecular Hbond substituents is 1. The summed E-state index contributed by atoms with van der Waals surface area (Å²) in [6.45, 7) is 0. The molecule has 0 spiro atoms. The summed E-state index contributed by atoms with van der Waals surface area (Å²) < 4.78 is 0. The van der Waals surface area contributed by atoms with E-state index in [4.69, 9.17) is 10.2 Å². The fraction of sp³-hybridized carbons (Fsp3) is 0.200. The molecule has 0 fully saturated rings. The van der Waals surface area contributed by atoms with Gasteiger partial charge in [-0.1, -0.05) is 12.1 Å². The molecular weight excluding hydrogens is 198 g/mol. The molecule has 0 aliphatic heterocycles. The van der Waals surface area contributed by atoms with Crippen molar-refractivity contribution in [2.75, 3.05) is 0 Å². The number of carboxylic acids is 1. The number of carbonyl (C=O) groups is 2. The van der Waals surface area contributed by atoms with Gasteiger partial charge in [-0.3, -0.25) is 4.79 Å². The molecule has 0 heterocycles. The maximum Gasteiger partial charge on any atom is 0.326 e. The minimum absolute atomic E-state index is 0.0720. The highest BCUT2D eigenvalue weighted by atomic mass is 16.4. The fourth-order valence-electron chi connectivity index (χ4n) is 1.22. The van der Waals surface area contributed by atoms with Gasteiger partial charge in [0.05, 0.1) is 0 Å². The SMILES string of the molecule is O=CNC(Cc1cccc(O)c1)C(=O)O. The van der Waals surface area contributed by atoms with Crippen LogP contribution in [0.1, 0.15) is 5.56 Å². The third-order valence-electron chi connectivity index (χ3n) is 1.92. The van der Waals surface area contributed by atoms with Crippen LogP contribution in [0.5, 0.6) is 5.75 Å². The number of hydrogen-bond acceptors (Lipinski definition) is 3. The molecule has 1 aromatic rings. The van der Waals surface area contributed by atoms with E-state index in [1.165, 1.54) is 12.1 Å². The number of hydrogen-bond donors (Lipinski definition) is 3. The number of benzene rings is 1. The molecule has 5 nitrogen and oxygen atoms in total. The summed E-state index contributed by atoms with van der Waals surface area (Å²) in [6, 6.07) is 5.28. The van der Waals surface area contributed by atoms with Gasteiger partial charge in [0.25, 0.3) is 0 Å². The highest BCUT2D eigenvalue weighted by Gasteiger charge is 2.16. The van der Waals surface area contributed by atoms with Crippen molar-refractivity contribution in [1.29, 1.82) is 0 Å². The zero-order valence-corrected chi connectivity index (χ0v) is 7.88. The fourth-order valence-corrected chi connectivity index (χ4v) is 1.22. The predicted octanol–water partition coefficient (Wildman–Crippen LogP) is 0.134. The quantitative estimate of drug-likeness (QED) is 0.602. The molecule has 0 saturated heterocycles. The molecule has 15 heavy (non-hydrogen) atoms. The Labute approximate surface area is 86.4 Å². The Morgan fingerprint density at radius 1 is 1.53 bits per heavy atom. The number of nitrogens with one attached hydrogen (secondary N) is 1. The smallest absolute Gasteiger partial charge is 0.326 e. The molecule has 80 valence electrons. The van der Waals surface area contributed by atoms with Gasteiger partial charge in [-0.2, -0.15) is 0 Å². The average molecular weight is 209 g/mol. The summed E-state index contributed by atoms with van der Waals surface area (Å²) in [6.07, 6.45) is 0.490. The Bertz CT molecular complexity index is 364. The summed E-state index contributed by atoms with van der Waals surface area (Å²) in [7, 11) is 0. The topological polar surface area (TPSA) is 86.6 Å². The van der Waals surface area contributed by atoms with Crippen LogP contribution in [0.25, 0.3) is 0 Å². The van der Waals surface area contributed by atoms with Gasteiger partial charge in [-0.15, -0.1) is 0 Å². The maximum absolute atomic E-state index is 10.7. The first-order chi connectivity index (χ1) is 7.13. The molecule has 0 aliphatic carbocycles. The molecule has 1 amide bonds. The van der Waals surface area contributed by atoms with Crippen LogP contribution in [-0.4, -0.2) is 28.6 Å². The number of rotatable bonds is 5. The van der Waals surface area contributed by atoms with Crippen molar-refractivity contribution in [3.8, 4) is 5.75 Å². The van der Waals surface area contributed by atoms with Gasteiger partial charge in [0.15, 0.2) is 0 Å². The lowest BCUT2D eigenvalue weighted by molar-refractivity contribution is -0.140. The first-order valence-electron chi connectivity index (χ1n) is 4.34. The van der Waals surface area contributed by atoms with Gasteiger partial charge in [0, 0.05) is 6.42 Å². The minimum Gasteiger partial charge on any atom is -0.508 e. The largest absolute Gasteiger partial charge is 0.508 e. The normalized spacial score (nSPS) is 11.7. The number of amides is 1. The van der Waals surface area contributed by atoms with Gasteiger partial charge < -0.3 is 15.5 Å². The Balaban J connectivity index is 2.73. The summed E-state index contributed by atoms with van der Waals surface area (Å²) in [5, 5.41) is 20.1. The second-order valence-electron chi connectivity index (χ2n) is 3.05. The number of aromatic hydroxyl groups is 1. The van der Waals surface area contributed by atoms with Crippen LogP contribution in [0, 0.1) is 0 Å². The monoisotopic (exact) mass is 209 g/mol. The van der Waals surface area contributed by atoms with E-state index in [1.54, 1.807) is 12.1 Å². The summed E-state index contributed by atoms with van der Waals surface area (Å²) in [5.41, 5.74) is 0.650. The van der Waals surface area contributed by atoms with Crippen LogP contribution in [0.15, 0.2) is 24.3 Å². The highest BCUT2D eigenvalue weighted by Crippen LogP contribution is 2.12. The van der Waals surface area contributed by atoms with Crippen LogP contribution in [-0.2, 0) is 16.0 Å². The van der Waals surface area contributed by atoms with Crippen LogP contribution in [0.2, 0.25) is 0 Å². The van der Waals surface area contributed by atoms with Crippen LogP contribution in [0.3, 0.4) is 0 Å². The number of carbonyl (C=O) groups excluding carboxylic acids is 1. The summed E-state index contributed by atoms with van der Waals surface area (Å²) >= 11 is 0. The Hall–Kier alpha value is -2.04. The molecular formula is C10H11NO4. The lowest BCUT2D eigenvalue weighted by Crippen LogP contribution is -2.37. The van der Waals surface area contributed by atoms with Gasteiger partial charge in [-0.25, -0.2) is 4.79 Å². The Kier molecular flexibility index (Phi) is 3.68. The van der Waals surface area contributed by atoms with E-state index in [0.29, 0.717) is 12.0 Å². The lowest BCUT2D eigenvalue weighted by Gasteiger charge is -2.10. The van der Waals surface area contributed by atoms with Crippen LogP contribution < -0.4 is 5.32 Å². The third-order valence-corrected chi connectivity index (χ3v) is 1.92. The van der Waals surface area contributed by atoms with E-state index in [1.807, 2.05) is 0 Å². The third kappa shape index (κ3) is 3.30. The Morgan fingerprint density at radius 3 is 2.80 bits per heavy atom. The zero-order valence-electron chi connectivity index (χ0n) is 7.88. The summed E-state index contributed by atoms with van der Waals surface area (Å²) in [4.78, 5) is 20.8. The van der Waals surface area contributed by atoms with E-state index in [9.17, 15) is 9.59 Å². The minimum atomic E-state index is -1.11. The summed E-state index contributed by atoms with van der Waals surface area (Å²) in [5.74, 6) is -1.03. The predicted molar refractivity (Wildman–Crippen MR) is 52.4 cm³/mol. The highest BCUT2D eigenvalue weighted by molar-refractivity contribution is 5.76. The van der Waals surface area contributed by atoms with Gasteiger partial charge in [0.1, 0.15) is 11.8 Å². The van der Waals surface area contributed by atoms with Gasteiger partial charge in [-0.05, 0) is 17.7 Å². The molecule has 1 aromatic carbocycles. The maximum atomic E-state index is 10.7. The molecule has 0 radical (unpaired) electrons. The van der Waals surface area contributed by atoms with Crippen molar-refractivity contribution in [1.82, 2.24) is 5.32 Å². The number of carboxylic acid groups (broad SMARTS) is 1. The van der Waals surface area contributed by atoms with Crippen molar-refractivity contribution in [2.24, 2.45) is 0 Å². The molecule has 3 N–H and O–H groups in total. The van der Waals surface area contributed by atoms with E-state index in [2.05, 4.69) is 5.32 Å².